The van der Waals surface area contributed by atoms with Crippen LogP contribution in [-0.2, 0) is 11.2 Å². The van der Waals surface area contributed by atoms with Crippen LogP contribution in [0.3, 0.4) is 0 Å². The van der Waals surface area contributed by atoms with E-state index in [0.717, 1.165) is 38.7 Å². The second kappa shape index (κ2) is 8.55. The molecule has 150 valence electrons. The topological polar surface area (TPSA) is 42.0 Å². The van der Waals surface area contributed by atoms with E-state index in [9.17, 15) is 13.6 Å². The Morgan fingerprint density at radius 3 is 2.40 bits per heavy atom. The minimum Gasteiger partial charge on any atom is -0.323 e. The zero-order valence-corrected chi connectivity index (χ0v) is 17.0. The molecule has 0 aliphatic heterocycles. The van der Waals surface area contributed by atoms with Gasteiger partial charge in [0.05, 0.1) is 22.7 Å². The molecule has 0 atom stereocenters. The summed E-state index contributed by atoms with van der Waals surface area (Å²) in [5, 5.41) is 3.31. The van der Waals surface area contributed by atoms with Crippen molar-refractivity contribution in [2.75, 3.05) is 5.32 Å². The molecule has 6 heteroatoms. The molecule has 0 saturated heterocycles. The third kappa shape index (κ3) is 4.44. The summed E-state index contributed by atoms with van der Waals surface area (Å²) in [6, 6.07) is 20.8. The van der Waals surface area contributed by atoms with Crippen LogP contribution in [0.2, 0.25) is 0 Å². The lowest BCUT2D eigenvalue weighted by molar-refractivity contribution is -0.115. The summed E-state index contributed by atoms with van der Waals surface area (Å²) in [4.78, 5) is 18.2. The van der Waals surface area contributed by atoms with Gasteiger partial charge in [-0.3, -0.25) is 4.79 Å². The summed E-state index contributed by atoms with van der Waals surface area (Å²) in [7, 11) is 0. The first kappa shape index (κ1) is 19.9. The van der Waals surface area contributed by atoms with Gasteiger partial charge in [-0.05, 0) is 24.6 Å². The number of halogens is 2. The van der Waals surface area contributed by atoms with Crippen LogP contribution in [0.1, 0.15) is 11.3 Å². The van der Waals surface area contributed by atoms with E-state index in [1.807, 2.05) is 61.5 Å². The fourth-order valence-corrected chi connectivity index (χ4v) is 4.14. The molecule has 4 aromatic rings. The highest BCUT2D eigenvalue weighted by Crippen LogP contribution is 2.36. The molecule has 4 rings (SSSR count). The number of carbonyl (C=O) groups is 1. The van der Waals surface area contributed by atoms with Crippen molar-refractivity contribution in [3.8, 4) is 21.0 Å². The van der Waals surface area contributed by atoms with Gasteiger partial charge in [0.15, 0.2) is 0 Å². The first-order chi connectivity index (χ1) is 14.5. The van der Waals surface area contributed by atoms with E-state index in [1.54, 1.807) is 0 Å². The summed E-state index contributed by atoms with van der Waals surface area (Å²) in [6.07, 6.45) is -0.0244. The van der Waals surface area contributed by atoms with Crippen molar-refractivity contribution >= 4 is 22.9 Å². The zero-order valence-electron chi connectivity index (χ0n) is 16.2. The summed E-state index contributed by atoms with van der Waals surface area (Å²) >= 11 is 1.51. The van der Waals surface area contributed by atoms with Gasteiger partial charge in [0.25, 0.3) is 0 Å². The normalized spacial score (nSPS) is 10.8. The minimum absolute atomic E-state index is 0.0244. The van der Waals surface area contributed by atoms with Gasteiger partial charge in [-0.2, -0.15) is 0 Å². The predicted octanol–water partition coefficient (Wildman–Crippen LogP) is 6.24. The van der Waals surface area contributed by atoms with Crippen LogP contribution in [0.25, 0.3) is 21.0 Å². The molecule has 30 heavy (non-hydrogen) atoms. The van der Waals surface area contributed by atoms with E-state index in [0.29, 0.717) is 5.69 Å². The number of hydrogen-bond donors (Lipinski definition) is 1. The number of carbonyl (C=O) groups excluding carboxylic acids is 1. The summed E-state index contributed by atoms with van der Waals surface area (Å²) < 4.78 is 27.0. The van der Waals surface area contributed by atoms with Crippen LogP contribution < -0.4 is 5.32 Å². The van der Waals surface area contributed by atoms with E-state index in [4.69, 9.17) is 4.98 Å². The van der Waals surface area contributed by atoms with Gasteiger partial charge in [-0.1, -0.05) is 60.2 Å². The molecule has 1 aromatic heterocycles. The van der Waals surface area contributed by atoms with E-state index >= 15 is 0 Å². The van der Waals surface area contributed by atoms with Crippen molar-refractivity contribution in [1.82, 2.24) is 4.98 Å². The molecule has 3 nitrogen and oxygen atoms in total. The lowest BCUT2D eigenvalue weighted by atomic mass is 10.1. The second-order valence-corrected chi connectivity index (χ2v) is 7.88. The fraction of sp³-hybridized carbons (Fsp3) is 0.0833. The lowest BCUT2D eigenvalue weighted by Gasteiger charge is -2.07. The third-order valence-electron chi connectivity index (χ3n) is 4.57. The smallest absolute Gasteiger partial charge is 0.230 e. The number of benzene rings is 3. The van der Waals surface area contributed by atoms with Crippen LogP contribution in [0.5, 0.6) is 0 Å². The Hall–Kier alpha value is -3.38. The molecule has 3 aromatic carbocycles. The van der Waals surface area contributed by atoms with Gasteiger partial charge in [0.2, 0.25) is 5.91 Å². The van der Waals surface area contributed by atoms with E-state index in [1.165, 1.54) is 17.4 Å². The standard InChI is InChI=1S/C24H18F2N2OS/c1-15-7-9-16(10-8-15)23-21(28-24(30-23)17-5-3-2-4-6-17)14-22(29)27-20-12-11-18(25)13-19(20)26/h2-13H,14H2,1H3,(H,27,29). The molecule has 0 spiro atoms. The molecule has 0 radical (unpaired) electrons. The maximum atomic E-state index is 13.9. The molecular weight excluding hydrogens is 402 g/mol. The zero-order chi connectivity index (χ0) is 21.1. The average molecular weight is 420 g/mol. The number of amides is 1. The molecule has 0 fully saturated rings. The van der Waals surface area contributed by atoms with E-state index in [-0.39, 0.29) is 12.1 Å². The highest BCUT2D eigenvalue weighted by Gasteiger charge is 2.18. The number of anilines is 1. The highest BCUT2D eigenvalue weighted by molar-refractivity contribution is 7.18. The highest BCUT2D eigenvalue weighted by atomic mass is 32.1. The maximum absolute atomic E-state index is 13.9. The lowest BCUT2D eigenvalue weighted by Crippen LogP contribution is -2.16. The molecule has 1 N–H and O–H groups in total. The van der Waals surface area contributed by atoms with Crippen molar-refractivity contribution < 1.29 is 13.6 Å². The maximum Gasteiger partial charge on any atom is 0.230 e. The molecular formula is C24H18F2N2OS. The fourth-order valence-electron chi connectivity index (χ4n) is 3.04. The second-order valence-electron chi connectivity index (χ2n) is 6.88. The Labute approximate surface area is 177 Å². The molecule has 0 bridgehead atoms. The Balaban J connectivity index is 1.66. The largest absolute Gasteiger partial charge is 0.323 e. The van der Waals surface area contributed by atoms with Crippen molar-refractivity contribution in [2.24, 2.45) is 0 Å². The van der Waals surface area contributed by atoms with Crippen LogP contribution in [0, 0.1) is 18.6 Å². The number of aromatic nitrogens is 1. The first-order valence-electron chi connectivity index (χ1n) is 9.36. The SMILES string of the molecule is Cc1ccc(-c2sc(-c3ccccc3)nc2CC(=O)Nc2ccc(F)cc2F)cc1. The minimum atomic E-state index is -0.814. The van der Waals surface area contributed by atoms with Gasteiger partial charge in [-0.25, -0.2) is 13.8 Å². The molecule has 1 amide bonds. The first-order valence-corrected chi connectivity index (χ1v) is 10.2. The Morgan fingerprint density at radius 1 is 0.967 bits per heavy atom. The van der Waals surface area contributed by atoms with Crippen molar-refractivity contribution in [3.63, 3.8) is 0 Å². The predicted molar refractivity (Wildman–Crippen MR) is 116 cm³/mol. The van der Waals surface area contributed by atoms with Crippen molar-refractivity contribution in [2.45, 2.75) is 13.3 Å². The number of nitrogens with one attached hydrogen (secondary N) is 1. The Bertz CT molecular complexity index is 1190. The number of hydrogen-bond acceptors (Lipinski definition) is 3. The van der Waals surface area contributed by atoms with Crippen LogP contribution in [-0.4, -0.2) is 10.9 Å². The van der Waals surface area contributed by atoms with Gasteiger partial charge >= 0.3 is 0 Å². The molecule has 1 heterocycles. The number of rotatable bonds is 5. The van der Waals surface area contributed by atoms with Crippen molar-refractivity contribution in [3.05, 3.63) is 95.7 Å². The Morgan fingerprint density at radius 2 is 1.70 bits per heavy atom. The number of thiazole rings is 1. The van der Waals surface area contributed by atoms with Gasteiger partial charge in [-0.15, -0.1) is 11.3 Å². The van der Waals surface area contributed by atoms with E-state index in [2.05, 4.69) is 5.32 Å². The molecule has 0 unspecified atom stereocenters. The monoisotopic (exact) mass is 420 g/mol. The Kier molecular flexibility index (Phi) is 5.68. The average Bonchev–Trinajstić information content (AvgIpc) is 3.15. The molecule has 0 saturated carbocycles. The van der Waals surface area contributed by atoms with Gasteiger partial charge < -0.3 is 5.32 Å². The van der Waals surface area contributed by atoms with Crippen LogP contribution in [0.15, 0.2) is 72.8 Å². The summed E-state index contributed by atoms with van der Waals surface area (Å²) in [5.74, 6) is -1.93. The third-order valence-corrected chi connectivity index (χ3v) is 5.76. The number of aryl methyl sites for hydroxylation is 1. The summed E-state index contributed by atoms with van der Waals surface area (Å²) in [5.41, 5.74) is 3.63. The summed E-state index contributed by atoms with van der Waals surface area (Å²) in [6.45, 7) is 2.01. The van der Waals surface area contributed by atoms with Gasteiger partial charge in [0, 0.05) is 11.6 Å². The van der Waals surface area contributed by atoms with Gasteiger partial charge in [0.1, 0.15) is 16.6 Å². The van der Waals surface area contributed by atoms with Crippen LogP contribution >= 0.6 is 11.3 Å². The van der Waals surface area contributed by atoms with E-state index < -0.39 is 17.5 Å². The molecule has 0 aliphatic rings. The number of nitrogens with zero attached hydrogens (tertiary/aromatic N) is 1. The quantitative estimate of drug-likeness (QED) is 0.415. The molecule has 0 aliphatic carbocycles. The van der Waals surface area contributed by atoms with Crippen LogP contribution in [0.4, 0.5) is 14.5 Å². The van der Waals surface area contributed by atoms with Crippen molar-refractivity contribution in [1.29, 1.82) is 0 Å².